The zero-order chi connectivity index (χ0) is 9.26. The Hall–Kier alpha value is -0.610. The highest BCUT2D eigenvalue weighted by Gasteiger charge is 2.20. The van der Waals surface area contributed by atoms with Gasteiger partial charge in [0.1, 0.15) is 0 Å². The first kappa shape index (κ1) is 8.97. The summed E-state index contributed by atoms with van der Waals surface area (Å²) in [4.78, 5) is 15.2. The van der Waals surface area contributed by atoms with Gasteiger partial charge in [0.15, 0.2) is 0 Å². The molecule has 13 heavy (non-hydrogen) atoms. The molecule has 2 N–H and O–H groups in total. The maximum atomic E-state index is 11.1. The second-order valence-corrected chi connectivity index (χ2v) is 4.49. The van der Waals surface area contributed by atoms with Crippen LogP contribution in [-0.4, -0.2) is 11.0 Å². The average Bonchev–Trinajstić information content (AvgIpc) is 2.87. The van der Waals surface area contributed by atoms with Gasteiger partial charge in [-0.2, -0.15) is 0 Å². The van der Waals surface area contributed by atoms with E-state index in [1.165, 1.54) is 29.1 Å². The van der Waals surface area contributed by atoms with Crippen LogP contribution in [0.3, 0.4) is 0 Å². The Balaban J connectivity index is 2.03. The summed E-state index contributed by atoms with van der Waals surface area (Å²) in [5.74, 6) is 0. The van der Waals surface area contributed by atoms with Crippen LogP contribution in [0.1, 0.15) is 30.3 Å². The van der Waals surface area contributed by atoms with Crippen molar-refractivity contribution in [3.05, 3.63) is 20.2 Å². The summed E-state index contributed by atoms with van der Waals surface area (Å²) in [6.07, 6.45) is 3.50. The van der Waals surface area contributed by atoms with Crippen molar-refractivity contribution < 1.29 is 0 Å². The van der Waals surface area contributed by atoms with Crippen LogP contribution in [0.15, 0.2) is 4.79 Å². The molecule has 0 unspecified atom stereocenters. The Bertz CT molecular complexity index is 338. The van der Waals surface area contributed by atoms with Gasteiger partial charge in [-0.05, 0) is 19.3 Å². The molecule has 0 spiro atoms. The van der Waals surface area contributed by atoms with Crippen LogP contribution in [0.4, 0.5) is 0 Å². The van der Waals surface area contributed by atoms with Gasteiger partial charge >= 0.3 is 4.87 Å². The summed E-state index contributed by atoms with van der Waals surface area (Å²) in [6, 6.07) is 0.710. The topological polar surface area (TPSA) is 44.9 Å². The van der Waals surface area contributed by atoms with E-state index in [9.17, 15) is 4.79 Å². The molecular formula is C9H14N2OS. The first-order chi connectivity index (χ1) is 6.29. The SMILES string of the molecule is CCc1[nH]c(=O)sc1CNC1CC1. The molecule has 0 atom stereocenters. The van der Waals surface area contributed by atoms with E-state index < -0.39 is 0 Å². The molecule has 1 aliphatic rings. The molecule has 1 fully saturated rings. The second kappa shape index (κ2) is 3.64. The minimum atomic E-state index is 0.0736. The summed E-state index contributed by atoms with van der Waals surface area (Å²) < 4.78 is 0. The molecule has 0 aromatic carbocycles. The number of hydrogen-bond acceptors (Lipinski definition) is 3. The van der Waals surface area contributed by atoms with Crippen molar-refractivity contribution in [3.8, 4) is 0 Å². The maximum Gasteiger partial charge on any atom is 0.304 e. The molecule has 0 amide bonds. The van der Waals surface area contributed by atoms with Crippen molar-refractivity contribution in [2.24, 2.45) is 0 Å². The highest BCUT2D eigenvalue weighted by atomic mass is 32.1. The van der Waals surface area contributed by atoms with E-state index in [1.54, 1.807) is 0 Å². The first-order valence-electron chi connectivity index (χ1n) is 4.74. The smallest absolute Gasteiger partial charge is 0.304 e. The number of aryl methyl sites for hydroxylation is 1. The minimum absolute atomic E-state index is 0.0736. The van der Waals surface area contributed by atoms with Crippen molar-refractivity contribution >= 4 is 11.3 Å². The van der Waals surface area contributed by atoms with Crippen molar-refractivity contribution in [3.63, 3.8) is 0 Å². The quantitative estimate of drug-likeness (QED) is 0.765. The van der Waals surface area contributed by atoms with E-state index in [0.29, 0.717) is 6.04 Å². The largest absolute Gasteiger partial charge is 0.316 e. The zero-order valence-electron chi connectivity index (χ0n) is 7.72. The molecule has 1 saturated carbocycles. The van der Waals surface area contributed by atoms with Crippen LogP contribution in [0.5, 0.6) is 0 Å². The van der Waals surface area contributed by atoms with E-state index in [1.807, 2.05) is 0 Å². The predicted octanol–water partition coefficient (Wildman–Crippen LogP) is 1.25. The Kier molecular flexibility index (Phi) is 2.51. The van der Waals surface area contributed by atoms with Crippen molar-refractivity contribution in [2.45, 2.75) is 38.8 Å². The van der Waals surface area contributed by atoms with Gasteiger partial charge in [0.05, 0.1) is 0 Å². The van der Waals surface area contributed by atoms with Gasteiger partial charge < -0.3 is 10.3 Å². The van der Waals surface area contributed by atoms with Crippen LogP contribution >= 0.6 is 11.3 Å². The number of aromatic nitrogens is 1. The standard InChI is InChI=1S/C9H14N2OS/c1-2-7-8(13-9(12)11-7)5-10-6-3-4-6/h6,10H,2-5H2,1H3,(H,11,12). The molecule has 0 aliphatic heterocycles. The molecule has 0 radical (unpaired) electrons. The number of H-pyrrole nitrogens is 1. The van der Waals surface area contributed by atoms with Crippen LogP contribution in [0.2, 0.25) is 0 Å². The van der Waals surface area contributed by atoms with E-state index in [4.69, 9.17) is 0 Å². The third-order valence-corrected chi connectivity index (χ3v) is 3.21. The van der Waals surface area contributed by atoms with Gasteiger partial charge in [-0.25, -0.2) is 0 Å². The number of hydrogen-bond donors (Lipinski definition) is 2. The van der Waals surface area contributed by atoms with Crippen molar-refractivity contribution in [1.82, 2.24) is 10.3 Å². The summed E-state index contributed by atoms with van der Waals surface area (Å²) in [5.41, 5.74) is 1.10. The summed E-state index contributed by atoms with van der Waals surface area (Å²) >= 11 is 1.34. The average molecular weight is 198 g/mol. The fourth-order valence-electron chi connectivity index (χ4n) is 1.34. The first-order valence-corrected chi connectivity index (χ1v) is 5.55. The Morgan fingerprint density at radius 2 is 2.38 bits per heavy atom. The van der Waals surface area contributed by atoms with Crippen molar-refractivity contribution in [2.75, 3.05) is 0 Å². The number of thiazole rings is 1. The van der Waals surface area contributed by atoms with Gasteiger partial charge in [0.25, 0.3) is 0 Å². The third kappa shape index (κ3) is 2.19. The lowest BCUT2D eigenvalue weighted by molar-refractivity contribution is 0.689. The van der Waals surface area contributed by atoms with Gasteiger partial charge in [0, 0.05) is 23.2 Å². The van der Waals surface area contributed by atoms with Gasteiger partial charge in [0.2, 0.25) is 0 Å². The van der Waals surface area contributed by atoms with Crippen LogP contribution in [0, 0.1) is 0 Å². The lowest BCUT2D eigenvalue weighted by Gasteiger charge is -2.00. The second-order valence-electron chi connectivity index (χ2n) is 3.42. The molecule has 1 aromatic heterocycles. The van der Waals surface area contributed by atoms with E-state index in [-0.39, 0.29) is 4.87 Å². The highest BCUT2D eigenvalue weighted by molar-refractivity contribution is 7.09. The molecule has 1 aliphatic carbocycles. The van der Waals surface area contributed by atoms with Crippen LogP contribution in [-0.2, 0) is 13.0 Å². The van der Waals surface area contributed by atoms with Crippen molar-refractivity contribution in [1.29, 1.82) is 0 Å². The number of nitrogens with one attached hydrogen (secondary N) is 2. The molecular weight excluding hydrogens is 184 g/mol. The van der Waals surface area contributed by atoms with Crippen LogP contribution < -0.4 is 10.2 Å². The molecule has 1 heterocycles. The normalized spacial score (nSPS) is 16.4. The Morgan fingerprint density at radius 1 is 1.62 bits per heavy atom. The van der Waals surface area contributed by atoms with E-state index in [2.05, 4.69) is 17.2 Å². The molecule has 4 heteroatoms. The lowest BCUT2D eigenvalue weighted by Crippen LogP contribution is -2.15. The van der Waals surface area contributed by atoms with Gasteiger partial charge in [-0.15, -0.1) is 0 Å². The fraction of sp³-hybridized carbons (Fsp3) is 0.667. The Morgan fingerprint density at radius 3 is 3.00 bits per heavy atom. The lowest BCUT2D eigenvalue weighted by atomic mass is 10.3. The molecule has 2 rings (SSSR count). The van der Waals surface area contributed by atoms with Crippen LogP contribution in [0.25, 0.3) is 0 Å². The number of aromatic amines is 1. The fourth-order valence-corrected chi connectivity index (χ4v) is 2.22. The molecule has 0 saturated heterocycles. The molecule has 72 valence electrons. The zero-order valence-corrected chi connectivity index (χ0v) is 8.54. The minimum Gasteiger partial charge on any atom is -0.316 e. The maximum absolute atomic E-state index is 11.1. The van der Waals surface area contributed by atoms with Gasteiger partial charge in [-0.3, -0.25) is 4.79 Å². The highest BCUT2D eigenvalue weighted by Crippen LogP contribution is 2.20. The predicted molar refractivity (Wildman–Crippen MR) is 54.2 cm³/mol. The summed E-state index contributed by atoms with van der Waals surface area (Å²) in [5, 5.41) is 3.41. The number of rotatable bonds is 4. The Labute approximate surface area is 81.2 Å². The third-order valence-electron chi connectivity index (χ3n) is 2.29. The van der Waals surface area contributed by atoms with E-state index >= 15 is 0 Å². The molecule has 0 bridgehead atoms. The summed E-state index contributed by atoms with van der Waals surface area (Å²) in [6.45, 7) is 2.93. The van der Waals surface area contributed by atoms with Gasteiger partial charge in [-0.1, -0.05) is 18.3 Å². The molecule has 1 aromatic rings. The molecule has 3 nitrogen and oxygen atoms in total. The monoisotopic (exact) mass is 198 g/mol. The van der Waals surface area contributed by atoms with E-state index in [0.717, 1.165) is 18.7 Å². The summed E-state index contributed by atoms with van der Waals surface area (Å²) in [7, 11) is 0.